The molecule has 2 nitrogen and oxygen atoms in total. The molecule has 0 aromatic heterocycles. The van der Waals surface area contributed by atoms with Crippen molar-refractivity contribution in [3.63, 3.8) is 0 Å². The van der Waals surface area contributed by atoms with Crippen molar-refractivity contribution in [3.8, 4) is 0 Å². The third kappa shape index (κ3) is 1.10. The maximum absolute atomic E-state index is 9.09. The zero-order valence-electron chi connectivity index (χ0n) is 6.33. The molecule has 0 bridgehead atoms. The first-order valence-corrected chi connectivity index (χ1v) is 3.56. The lowest BCUT2D eigenvalue weighted by Crippen LogP contribution is -2.60. The fourth-order valence-electron chi connectivity index (χ4n) is 1.30. The highest BCUT2D eigenvalue weighted by molar-refractivity contribution is 4.89. The SMILES string of the molecule is CC(C)N1C[C@@H](O)[C@@H]1C. The number of nitrogens with zero attached hydrogens (tertiary/aromatic N) is 1. The van der Waals surface area contributed by atoms with Crippen molar-refractivity contribution in [3.05, 3.63) is 0 Å². The summed E-state index contributed by atoms with van der Waals surface area (Å²) in [7, 11) is 0. The molecule has 1 N–H and O–H groups in total. The van der Waals surface area contributed by atoms with Crippen LogP contribution in [0.15, 0.2) is 0 Å². The summed E-state index contributed by atoms with van der Waals surface area (Å²) in [6.45, 7) is 7.23. The van der Waals surface area contributed by atoms with Gasteiger partial charge in [0.15, 0.2) is 0 Å². The molecule has 54 valence electrons. The Morgan fingerprint density at radius 3 is 2.22 bits per heavy atom. The van der Waals surface area contributed by atoms with Crippen molar-refractivity contribution >= 4 is 0 Å². The molecule has 1 fully saturated rings. The van der Waals surface area contributed by atoms with Gasteiger partial charge in [-0.1, -0.05) is 0 Å². The first-order valence-electron chi connectivity index (χ1n) is 3.56. The Morgan fingerprint density at radius 2 is 2.11 bits per heavy atom. The predicted octanol–water partition coefficient (Wildman–Crippen LogP) is 0.460. The summed E-state index contributed by atoms with van der Waals surface area (Å²) in [6, 6.07) is 0.966. The molecule has 0 amide bonds. The van der Waals surface area contributed by atoms with E-state index >= 15 is 0 Å². The van der Waals surface area contributed by atoms with Crippen LogP contribution < -0.4 is 0 Å². The van der Waals surface area contributed by atoms with Gasteiger partial charge in [0.2, 0.25) is 0 Å². The molecule has 2 atom stereocenters. The second-order valence-corrected chi connectivity index (χ2v) is 3.10. The highest BCUT2D eigenvalue weighted by atomic mass is 16.3. The standard InChI is InChI=1S/C7H15NO/c1-5(2)8-4-7(9)6(8)3/h5-7,9H,4H2,1-3H3/t6-,7+/m0/s1. The predicted molar refractivity (Wildman–Crippen MR) is 37.3 cm³/mol. The summed E-state index contributed by atoms with van der Waals surface area (Å²) in [6.07, 6.45) is -0.0765. The molecule has 0 radical (unpaired) electrons. The molecule has 0 spiro atoms. The fourth-order valence-corrected chi connectivity index (χ4v) is 1.30. The highest BCUT2D eigenvalue weighted by Crippen LogP contribution is 2.19. The van der Waals surface area contributed by atoms with Crippen LogP contribution in [0.2, 0.25) is 0 Å². The van der Waals surface area contributed by atoms with E-state index in [1.165, 1.54) is 0 Å². The average molecular weight is 129 g/mol. The maximum atomic E-state index is 9.09. The van der Waals surface area contributed by atoms with Gasteiger partial charge in [0.05, 0.1) is 6.10 Å². The Hall–Kier alpha value is -0.0800. The number of aliphatic hydroxyl groups is 1. The monoisotopic (exact) mass is 129 g/mol. The Morgan fingerprint density at radius 1 is 1.56 bits per heavy atom. The molecule has 0 aromatic rings. The first kappa shape index (κ1) is 7.03. The van der Waals surface area contributed by atoms with Gasteiger partial charge in [-0.05, 0) is 20.8 Å². The van der Waals surface area contributed by atoms with Crippen LogP contribution in [0.4, 0.5) is 0 Å². The summed E-state index contributed by atoms with van der Waals surface area (Å²) in [4.78, 5) is 2.28. The zero-order valence-corrected chi connectivity index (χ0v) is 6.33. The Bertz CT molecular complexity index is 103. The summed E-state index contributed by atoms with van der Waals surface area (Å²) in [5, 5.41) is 9.09. The van der Waals surface area contributed by atoms with Crippen molar-refractivity contribution in [1.82, 2.24) is 4.90 Å². The summed E-state index contributed by atoms with van der Waals surface area (Å²) >= 11 is 0. The molecular weight excluding hydrogens is 114 g/mol. The summed E-state index contributed by atoms with van der Waals surface area (Å²) < 4.78 is 0. The van der Waals surface area contributed by atoms with Gasteiger partial charge < -0.3 is 5.11 Å². The largest absolute Gasteiger partial charge is 0.390 e. The minimum absolute atomic E-state index is 0.0765. The van der Waals surface area contributed by atoms with Crippen molar-refractivity contribution in [2.75, 3.05) is 6.54 Å². The van der Waals surface area contributed by atoms with Crippen molar-refractivity contribution < 1.29 is 5.11 Å². The Labute approximate surface area is 56.5 Å². The Balaban J connectivity index is 2.33. The lowest BCUT2D eigenvalue weighted by atomic mass is 9.99. The van der Waals surface area contributed by atoms with Crippen LogP contribution in [0.1, 0.15) is 20.8 Å². The van der Waals surface area contributed by atoms with Crippen LogP contribution in [0, 0.1) is 0 Å². The number of hydrogen-bond donors (Lipinski definition) is 1. The van der Waals surface area contributed by atoms with Crippen LogP contribution in [0.3, 0.4) is 0 Å². The van der Waals surface area contributed by atoms with Crippen molar-refractivity contribution in [1.29, 1.82) is 0 Å². The Kier molecular flexibility index (Phi) is 1.78. The minimum atomic E-state index is -0.0765. The lowest BCUT2D eigenvalue weighted by Gasteiger charge is -2.46. The molecule has 0 saturated carbocycles. The van der Waals surface area contributed by atoms with Crippen LogP contribution in [0.25, 0.3) is 0 Å². The highest BCUT2D eigenvalue weighted by Gasteiger charge is 2.34. The second kappa shape index (κ2) is 2.27. The quantitative estimate of drug-likeness (QED) is 0.556. The van der Waals surface area contributed by atoms with Gasteiger partial charge in [0, 0.05) is 18.6 Å². The van der Waals surface area contributed by atoms with Crippen LogP contribution in [0.5, 0.6) is 0 Å². The molecule has 0 aliphatic carbocycles. The number of likely N-dealkylation sites (tertiary alicyclic amines) is 1. The van der Waals surface area contributed by atoms with Gasteiger partial charge in [-0.25, -0.2) is 0 Å². The molecule has 0 unspecified atom stereocenters. The number of β-amino-alcohol motifs (C(OH)–C–C–N with tert-alkyl or cyclic N) is 1. The third-order valence-corrected chi connectivity index (χ3v) is 2.14. The molecule has 2 heteroatoms. The van der Waals surface area contributed by atoms with Gasteiger partial charge in [-0.15, -0.1) is 0 Å². The van der Waals surface area contributed by atoms with Crippen LogP contribution in [-0.4, -0.2) is 34.7 Å². The topological polar surface area (TPSA) is 23.5 Å². The van der Waals surface area contributed by atoms with Crippen LogP contribution in [-0.2, 0) is 0 Å². The van der Waals surface area contributed by atoms with E-state index in [0.29, 0.717) is 12.1 Å². The van der Waals surface area contributed by atoms with Gasteiger partial charge >= 0.3 is 0 Å². The van der Waals surface area contributed by atoms with Gasteiger partial charge in [-0.3, -0.25) is 4.90 Å². The molecule has 1 aliphatic heterocycles. The van der Waals surface area contributed by atoms with E-state index in [1.54, 1.807) is 0 Å². The molecule has 1 aliphatic rings. The number of rotatable bonds is 1. The third-order valence-electron chi connectivity index (χ3n) is 2.14. The first-order chi connectivity index (χ1) is 4.13. The van der Waals surface area contributed by atoms with E-state index < -0.39 is 0 Å². The van der Waals surface area contributed by atoms with E-state index in [9.17, 15) is 0 Å². The van der Waals surface area contributed by atoms with Crippen molar-refractivity contribution in [2.45, 2.75) is 39.0 Å². The second-order valence-electron chi connectivity index (χ2n) is 3.10. The van der Waals surface area contributed by atoms with Crippen molar-refractivity contribution in [2.24, 2.45) is 0 Å². The van der Waals surface area contributed by atoms with E-state index in [1.807, 2.05) is 0 Å². The minimum Gasteiger partial charge on any atom is -0.390 e. The van der Waals surface area contributed by atoms with E-state index in [2.05, 4.69) is 25.7 Å². The molecule has 9 heavy (non-hydrogen) atoms. The van der Waals surface area contributed by atoms with Gasteiger partial charge in [0.1, 0.15) is 0 Å². The normalized spacial score (nSPS) is 37.0. The smallest absolute Gasteiger partial charge is 0.0819 e. The maximum Gasteiger partial charge on any atom is 0.0819 e. The molecule has 1 heterocycles. The van der Waals surface area contributed by atoms with Crippen LogP contribution >= 0.6 is 0 Å². The fraction of sp³-hybridized carbons (Fsp3) is 1.00. The van der Waals surface area contributed by atoms with Gasteiger partial charge in [0.25, 0.3) is 0 Å². The molecule has 1 saturated heterocycles. The molecular formula is C7H15NO. The number of aliphatic hydroxyl groups excluding tert-OH is 1. The lowest BCUT2D eigenvalue weighted by molar-refractivity contribution is -0.0691. The van der Waals surface area contributed by atoms with E-state index in [0.717, 1.165) is 6.54 Å². The average Bonchev–Trinajstić information content (AvgIpc) is 1.81. The summed E-state index contributed by atoms with van der Waals surface area (Å²) in [5.41, 5.74) is 0. The van der Waals surface area contributed by atoms with Gasteiger partial charge in [-0.2, -0.15) is 0 Å². The number of hydrogen-bond acceptors (Lipinski definition) is 2. The van der Waals surface area contributed by atoms with E-state index in [-0.39, 0.29) is 6.10 Å². The molecule has 0 aromatic carbocycles. The zero-order chi connectivity index (χ0) is 7.02. The van der Waals surface area contributed by atoms with E-state index in [4.69, 9.17) is 5.11 Å². The summed E-state index contributed by atoms with van der Waals surface area (Å²) in [5.74, 6) is 0. The molecule has 1 rings (SSSR count).